The van der Waals surface area contributed by atoms with Gasteiger partial charge in [-0.2, -0.15) is 0 Å². The Kier molecular flexibility index (Phi) is 10.3. The monoisotopic (exact) mass is 618 g/mol. The summed E-state index contributed by atoms with van der Waals surface area (Å²) in [5.74, 6) is -0.0524. The van der Waals surface area contributed by atoms with E-state index >= 15 is 0 Å². The molecular weight excluding hydrogens is 587 g/mol. The summed E-state index contributed by atoms with van der Waals surface area (Å²) in [6.45, 7) is 9.44. The first-order valence-corrected chi connectivity index (χ1v) is 13.9. The number of rotatable bonds is 9. The zero-order chi connectivity index (χ0) is 28.0. The van der Waals surface area contributed by atoms with Gasteiger partial charge in [-0.3, -0.25) is 9.59 Å². The lowest BCUT2D eigenvalue weighted by Gasteiger charge is -2.34. The quantitative estimate of drug-likeness (QED) is 0.273. The van der Waals surface area contributed by atoms with Crippen molar-refractivity contribution in [2.45, 2.75) is 59.2 Å². The molecule has 0 heterocycles. The molecule has 1 unspecified atom stereocenters. The van der Waals surface area contributed by atoms with E-state index in [1.165, 1.54) is 4.90 Å². The Labute approximate surface area is 243 Å². The van der Waals surface area contributed by atoms with Crippen LogP contribution in [0.4, 0.5) is 0 Å². The van der Waals surface area contributed by atoms with Gasteiger partial charge in [-0.1, -0.05) is 75.5 Å². The lowest BCUT2D eigenvalue weighted by Crippen LogP contribution is -2.55. The number of nitrogens with one attached hydrogen (secondary N) is 1. The van der Waals surface area contributed by atoms with Gasteiger partial charge in [-0.05, 0) is 75.6 Å². The largest absolute Gasteiger partial charge is 0.484 e. The molecule has 0 aliphatic heterocycles. The summed E-state index contributed by atoms with van der Waals surface area (Å²) in [7, 11) is 0. The minimum absolute atomic E-state index is 0.0498. The molecule has 38 heavy (non-hydrogen) atoms. The standard InChI is InChI=1S/C30H33BrCl2N2O3/c1-19-14-22(15-20(2)28(19)31)38-18-27(36)35(17-23-24(32)12-9-13-25(23)33)26(29(37)34-30(3,4)5)16-21-10-7-6-8-11-21/h6-15,26H,16-18H2,1-5H3,(H,34,37). The highest BCUT2D eigenvalue weighted by molar-refractivity contribution is 9.10. The number of carbonyl (C=O) groups is 2. The van der Waals surface area contributed by atoms with Crippen molar-refractivity contribution in [3.63, 3.8) is 0 Å². The van der Waals surface area contributed by atoms with Crippen molar-refractivity contribution >= 4 is 50.9 Å². The summed E-state index contributed by atoms with van der Waals surface area (Å²) in [6.07, 6.45) is 0.313. The molecule has 0 radical (unpaired) electrons. The summed E-state index contributed by atoms with van der Waals surface area (Å²) < 4.78 is 6.93. The van der Waals surface area contributed by atoms with Gasteiger partial charge >= 0.3 is 0 Å². The summed E-state index contributed by atoms with van der Waals surface area (Å²) in [5.41, 5.74) is 2.99. The molecule has 0 bridgehead atoms. The van der Waals surface area contributed by atoms with E-state index < -0.39 is 11.6 Å². The van der Waals surface area contributed by atoms with Gasteiger partial charge in [-0.25, -0.2) is 0 Å². The van der Waals surface area contributed by atoms with Crippen LogP contribution in [-0.4, -0.2) is 34.9 Å². The third-order valence-corrected chi connectivity index (χ3v) is 7.89. The van der Waals surface area contributed by atoms with Crippen molar-refractivity contribution in [1.82, 2.24) is 10.2 Å². The summed E-state index contributed by atoms with van der Waals surface area (Å²) in [4.78, 5) is 29.0. The van der Waals surface area contributed by atoms with Gasteiger partial charge in [0, 0.05) is 38.6 Å². The third kappa shape index (κ3) is 8.23. The molecule has 0 saturated heterocycles. The molecule has 0 saturated carbocycles. The van der Waals surface area contributed by atoms with Gasteiger partial charge < -0.3 is 15.0 Å². The maximum atomic E-state index is 13.8. The number of hydrogen-bond donors (Lipinski definition) is 1. The molecule has 1 atom stereocenters. The van der Waals surface area contributed by atoms with Crippen LogP contribution >= 0.6 is 39.1 Å². The third-order valence-electron chi connectivity index (χ3n) is 5.93. The molecule has 5 nitrogen and oxygen atoms in total. The van der Waals surface area contributed by atoms with E-state index in [2.05, 4.69) is 21.2 Å². The van der Waals surface area contributed by atoms with E-state index in [0.717, 1.165) is 21.2 Å². The average molecular weight is 620 g/mol. The Morgan fingerprint density at radius 1 is 0.974 bits per heavy atom. The van der Waals surface area contributed by atoms with Gasteiger partial charge in [0.15, 0.2) is 6.61 Å². The van der Waals surface area contributed by atoms with Crippen molar-refractivity contribution in [2.75, 3.05) is 6.61 Å². The lowest BCUT2D eigenvalue weighted by molar-refractivity contribution is -0.143. The normalized spacial score (nSPS) is 12.1. The first kappa shape index (κ1) is 30.0. The fraction of sp³-hybridized carbons (Fsp3) is 0.333. The van der Waals surface area contributed by atoms with Crippen molar-refractivity contribution in [2.24, 2.45) is 0 Å². The molecular formula is C30H33BrCl2N2O3. The lowest BCUT2D eigenvalue weighted by atomic mass is 10.0. The number of halogens is 3. The van der Waals surface area contributed by atoms with E-state index in [9.17, 15) is 9.59 Å². The average Bonchev–Trinajstić information content (AvgIpc) is 2.84. The minimum Gasteiger partial charge on any atom is -0.484 e. The van der Waals surface area contributed by atoms with Crippen molar-refractivity contribution in [3.8, 4) is 5.75 Å². The van der Waals surface area contributed by atoms with Crippen molar-refractivity contribution in [3.05, 3.63) is 97.4 Å². The Balaban J connectivity index is 1.99. The summed E-state index contributed by atoms with van der Waals surface area (Å²) >= 11 is 16.5. The van der Waals surface area contributed by atoms with Crippen molar-refractivity contribution in [1.29, 1.82) is 0 Å². The smallest absolute Gasteiger partial charge is 0.261 e. The second kappa shape index (κ2) is 13.0. The molecule has 0 aromatic heterocycles. The van der Waals surface area contributed by atoms with Gasteiger partial charge in [0.2, 0.25) is 5.91 Å². The Hall–Kier alpha value is -2.54. The van der Waals surface area contributed by atoms with Crippen LogP contribution in [0.5, 0.6) is 5.75 Å². The van der Waals surface area contributed by atoms with Gasteiger partial charge in [0.25, 0.3) is 5.91 Å². The predicted octanol–water partition coefficient (Wildman–Crippen LogP) is 7.31. The zero-order valence-electron chi connectivity index (χ0n) is 22.3. The molecule has 0 aliphatic carbocycles. The molecule has 0 spiro atoms. The number of amides is 2. The maximum Gasteiger partial charge on any atom is 0.261 e. The fourth-order valence-corrected chi connectivity index (χ4v) is 4.82. The number of hydrogen-bond acceptors (Lipinski definition) is 3. The van der Waals surface area contributed by atoms with Crippen LogP contribution in [0.15, 0.2) is 65.1 Å². The second-order valence-electron chi connectivity index (χ2n) is 10.3. The van der Waals surface area contributed by atoms with Crippen LogP contribution in [0.3, 0.4) is 0 Å². The highest BCUT2D eigenvalue weighted by Gasteiger charge is 2.33. The molecule has 2 amide bonds. The number of ether oxygens (including phenoxy) is 1. The van der Waals surface area contributed by atoms with Gasteiger partial charge in [-0.15, -0.1) is 0 Å². The zero-order valence-corrected chi connectivity index (χ0v) is 25.4. The molecule has 1 N–H and O–H groups in total. The van der Waals surface area contributed by atoms with E-state index in [-0.39, 0.29) is 25.0 Å². The topological polar surface area (TPSA) is 58.6 Å². The summed E-state index contributed by atoms with van der Waals surface area (Å²) in [5, 5.41) is 3.88. The van der Waals surface area contributed by atoms with E-state index in [1.807, 2.05) is 77.1 Å². The van der Waals surface area contributed by atoms with Crippen LogP contribution < -0.4 is 10.1 Å². The number of aryl methyl sites for hydroxylation is 2. The number of carbonyl (C=O) groups excluding carboxylic acids is 2. The van der Waals surface area contributed by atoms with E-state index in [1.54, 1.807) is 18.2 Å². The molecule has 3 rings (SSSR count). The molecule has 202 valence electrons. The van der Waals surface area contributed by atoms with Crippen LogP contribution in [0.2, 0.25) is 10.0 Å². The van der Waals surface area contributed by atoms with Crippen LogP contribution in [0.1, 0.15) is 43.0 Å². The minimum atomic E-state index is -0.826. The maximum absolute atomic E-state index is 13.8. The number of nitrogens with zero attached hydrogens (tertiary/aromatic N) is 1. The van der Waals surface area contributed by atoms with Crippen molar-refractivity contribution < 1.29 is 14.3 Å². The molecule has 3 aromatic carbocycles. The van der Waals surface area contributed by atoms with Crippen LogP contribution in [0.25, 0.3) is 0 Å². The molecule has 0 fully saturated rings. The Morgan fingerprint density at radius 2 is 1.55 bits per heavy atom. The van der Waals surface area contributed by atoms with E-state index in [0.29, 0.717) is 27.8 Å². The number of benzene rings is 3. The Bertz CT molecular complexity index is 1250. The highest BCUT2D eigenvalue weighted by atomic mass is 79.9. The first-order chi connectivity index (χ1) is 17.9. The highest BCUT2D eigenvalue weighted by Crippen LogP contribution is 2.29. The molecule has 8 heteroatoms. The van der Waals surface area contributed by atoms with Gasteiger partial charge in [0.05, 0.1) is 0 Å². The van der Waals surface area contributed by atoms with E-state index in [4.69, 9.17) is 27.9 Å². The van der Waals surface area contributed by atoms with Gasteiger partial charge in [0.1, 0.15) is 11.8 Å². The fourth-order valence-electron chi connectivity index (χ4n) is 4.08. The predicted molar refractivity (Wildman–Crippen MR) is 158 cm³/mol. The first-order valence-electron chi connectivity index (χ1n) is 12.3. The van der Waals surface area contributed by atoms with Crippen LogP contribution in [0, 0.1) is 13.8 Å². The molecule has 3 aromatic rings. The summed E-state index contributed by atoms with van der Waals surface area (Å²) in [6, 6.07) is 17.7. The Morgan fingerprint density at radius 3 is 2.11 bits per heavy atom. The molecule has 0 aliphatic rings. The van der Waals surface area contributed by atoms with Crippen LogP contribution in [-0.2, 0) is 22.6 Å². The SMILES string of the molecule is Cc1cc(OCC(=O)N(Cc2c(Cl)cccc2Cl)C(Cc2ccccc2)C(=O)NC(C)(C)C)cc(C)c1Br. The second-order valence-corrected chi connectivity index (χ2v) is 11.9.